The van der Waals surface area contributed by atoms with Gasteiger partial charge >= 0.3 is 0 Å². The van der Waals surface area contributed by atoms with E-state index in [1.54, 1.807) is 0 Å². The Morgan fingerprint density at radius 1 is 1.50 bits per heavy atom. The van der Waals surface area contributed by atoms with Crippen molar-refractivity contribution in [3.63, 3.8) is 0 Å². The summed E-state index contributed by atoms with van der Waals surface area (Å²) in [6.07, 6.45) is 0. The maximum atomic E-state index is 8.92. The molecule has 0 saturated carbocycles. The van der Waals surface area contributed by atoms with E-state index < -0.39 is 0 Å². The summed E-state index contributed by atoms with van der Waals surface area (Å²) < 4.78 is 0. The molecule has 0 aromatic carbocycles. The minimum absolute atomic E-state index is 0.359. The summed E-state index contributed by atoms with van der Waals surface area (Å²) in [5.74, 6) is 1.21. The second-order valence-corrected chi connectivity index (χ2v) is 3.27. The van der Waals surface area contributed by atoms with E-state index in [2.05, 4.69) is 18.7 Å². The van der Waals surface area contributed by atoms with Crippen LogP contribution in [0.25, 0.3) is 0 Å². The average molecular weight is 143 g/mol. The van der Waals surface area contributed by atoms with Crippen molar-refractivity contribution in [1.29, 1.82) is 0 Å². The summed E-state index contributed by atoms with van der Waals surface area (Å²) in [5, 5.41) is 8.92. The zero-order valence-corrected chi connectivity index (χ0v) is 6.88. The lowest BCUT2D eigenvalue weighted by Crippen LogP contribution is -2.20. The molecule has 2 heteroatoms. The van der Waals surface area contributed by atoms with E-state index in [1.807, 2.05) is 0 Å². The molecule has 2 unspecified atom stereocenters. The Balaban J connectivity index is 2.36. The molecule has 0 radical (unpaired) electrons. The molecule has 0 spiro atoms. The maximum absolute atomic E-state index is 8.92. The van der Waals surface area contributed by atoms with Crippen LogP contribution in [0.5, 0.6) is 0 Å². The Bertz CT molecular complexity index is 105. The maximum Gasteiger partial charge on any atom is 0.0474 e. The molecule has 60 valence electrons. The van der Waals surface area contributed by atoms with Gasteiger partial charge in [0.15, 0.2) is 0 Å². The molecular weight excluding hydrogens is 126 g/mol. The Morgan fingerprint density at radius 2 is 2.20 bits per heavy atom. The van der Waals surface area contributed by atoms with Crippen molar-refractivity contribution in [3.8, 4) is 0 Å². The molecule has 0 aliphatic carbocycles. The van der Waals surface area contributed by atoms with Crippen LogP contribution in [0.3, 0.4) is 0 Å². The van der Waals surface area contributed by atoms with Crippen LogP contribution in [0.1, 0.15) is 13.8 Å². The van der Waals surface area contributed by atoms with Crippen LogP contribution in [-0.4, -0.2) is 36.2 Å². The predicted octanol–water partition coefficient (Wildman–Crippen LogP) is 0.567. The molecule has 1 N–H and O–H groups in total. The van der Waals surface area contributed by atoms with Gasteiger partial charge in [0.05, 0.1) is 0 Å². The zero-order valence-electron chi connectivity index (χ0n) is 6.88. The van der Waals surface area contributed by atoms with Crippen LogP contribution in [-0.2, 0) is 0 Å². The van der Waals surface area contributed by atoms with Gasteiger partial charge in [0, 0.05) is 19.7 Å². The van der Waals surface area contributed by atoms with Gasteiger partial charge in [-0.1, -0.05) is 13.8 Å². The van der Waals surface area contributed by atoms with Gasteiger partial charge in [-0.25, -0.2) is 0 Å². The van der Waals surface area contributed by atoms with E-state index in [0.717, 1.165) is 13.1 Å². The quantitative estimate of drug-likeness (QED) is 0.611. The fourth-order valence-corrected chi connectivity index (χ4v) is 1.64. The fourth-order valence-electron chi connectivity index (χ4n) is 1.64. The Labute approximate surface area is 62.8 Å². The minimum atomic E-state index is 0.359. The summed E-state index contributed by atoms with van der Waals surface area (Å²) in [6.45, 7) is 8.14. The Morgan fingerprint density at radius 3 is 2.50 bits per heavy atom. The third kappa shape index (κ3) is 1.50. The summed E-state index contributed by atoms with van der Waals surface area (Å²) in [5.41, 5.74) is 0. The molecule has 10 heavy (non-hydrogen) atoms. The number of likely N-dealkylation sites (tertiary alicyclic amines) is 1. The van der Waals surface area contributed by atoms with Gasteiger partial charge in [-0.15, -0.1) is 0 Å². The van der Waals surface area contributed by atoms with Crippen LogP contribution in [0, 0.1) is 11.8 Å². The molecule has 1 aliphatic heterocycles. The van der Waals surface area contributed by atoms with Crippen molar-refractivity contribution in [1.82, 2.24) is 4.90 Å². The van der Waals surface area contributed by atoms with Crippen LogP contribution in [0.15, 0.2) is 0 Å². The number of hydrogen-bond donors (Lipinski definition) is 1. The van der Waals surface area contributed by atoms with Crippen molar-refractivity contribution < 1.29 is 5.11 Å². The smallest absolute Gasteiger partial charge is 0.0474 e. The van der Waals surface area contributed by atoms with Crippen LogP contribution >= 0.6 is 0 Å². The van der Waals surface area contributed by atoms with Gasteiger partial charge in [-0.05, 0) is 18.4 Å². The summed E-state index contributed by atoms with van der Waals surface area (Å²) >= 11 is 0. The first kappa shape index (κ1) is 8.02. The molecule has 1 heterocycles. The third-order valence-electron chi connectivity index (χ3n) is 2.53. The molecule has 2 atom stereocenters. The van der Waals surface area contributed by atoms with Crippen molar-refractivity contribution in [2.24, 2.45) is 11.8 Å². The van der Waals surface area contributed by atoms with E-state index in [0.29, 0.717) is 18.4 Å². The molecule has 2 nitrogen and oxygen atoms in total. The minimum Gasteiger partial charge on any atom is -0.396 e. The molecule has 1 rings (SSSR count). The first-order valence-electron chi connectivity index (χ1n) is 4.11. The second-order valence-electron chi connectivity index (χ2n) is 3.27. The lowest BCUT2D eigenvalue weighted by atomic mass is 10.00. The zero-order chi connectivity index (χ0) is 7.56. The standard InChI is InChI=1S/C8H17NO/c1-3-9-4-7(2)8(5-9)6-10/h7-8,10H,3-6H2,1-2H3. The lowest BCUT2D eigenvalue weighted by Gasteiger charge is -2.10. The Hall–Kier alpha value is -0.0800. The molecule has 0 aromatic rings. The topological polar surface area (TPSA) is 23.5 Å². The van der Waals surface area contributed by atoms with E-state index in [-0.39, 0.29) is 0 Å². The first-order chi connectivity index (χ1) is 4.77. The highest BCUT2D eigenvalue weighted by Gasteiger charge is 2.27. The van der Waals surface area contributed by atoms with Gasteiger partial charge in [-0.3, -0.25) is 0 Å². The van der Waals surface area contributed by atoms with Crippen LogP contribution in [0.4, 0.5) is 0 Å². The van der Waals surface area contributed by atoms with Gasteiger partial charge in [0.2, 0.25) is 0 Å². The number of hydrogen-bond acceptors (Lipinski definition) is 2. The number of aliphatic hydroxyl groups is 1. The van der Waals surface area contributed by atoms with Crippen molar-refractivity contribution in [2.45, 2.75) is 13.8 Å². The number of rotatable bonds is 2. The fraction of sp³-hybridized carbons (Fsp3) is 1.00. The molecule has 1 fully saturated rings. The van der Waals surface area contributed by atoms with Gasteiger partial charge < -0.3 is 10.0 Å². The number of nitrogens with zero attached hydrogens (tertiary/aromatic N) is 1. The van der Waals surface area contributed by atoms with Crippen molar-refractivity contribution in [2.75, 3.05) is 26.2 Å². The summed E-state index contributed by atoms with van der Waals surface area (Å²) in [6, 6.07) is 0. The van der Waals surface area contributed by atoms with Crippen LogP contribution < -0.4 is 0 Å². The van der Waals surface area contributed by atoms with E-state index in [4.69, 9.17) is 5.11 Å². The Kier molecular flexibility index (Phi) is 2.69. The van der Waals surface area contributed by atoms with E-state index >= 15 is 0 Å². The molecule has 0 amide bonds. The molecule has 0 bridgehead atoms. The number of aliphatic hydroxyl groups excluding tert-OH is 1. The largest absolute Gasteiger partial charge is 0.396 e. The van der Waals surface area contributed by atoms with Gasteiger partial charge in [-0.2, -0.15) is 0 Å². The predicted molar refractivity (Wildman–Crippen MR) is 41.9 cm³/mol. The van der Waals surface area contributed by atoms with Gasteiger partial charge in [0.25, 0.3) is 0 Å². The molecule has 1 aliphatic rings. The summed E-state index contributed by atoms with van der Waals surface area (Å²) in [4.78, 5) is 2.39. The van der Waals surface area contributed by atoms with Gasteiger partial charge in [0.1, 0.15) is 0 Å². The monoisotopic (exact) mass is 143 g/mol. The first-order valence-corrected chi connectivity index (χ1v) is 4.11. The van der Waals surface area contributed by atoms with E-state index in [1.165, 1.54) is 6.54 Å². The second kappa shape index (κ2) is 3.35. The average Bonchev–Trinajstić information content (AvgIpc) is 2.30. The van der Waals surface area contributed by atoms with Crippen molar-refractivity contribution in [3.05, 3.63) is 0 Å². The highest BCUT2D eigenvalue weighted by atomic mass is 16.3. The van der Waals surface area contributed by atoms with E-state index in [9.17, 15) is 0 Å². The third-order valence-corrected chi connectivity index (χ3v) is 2.53. The summed E-state index contributed by atoms with van der Waals surface area (Å²) in [7, 11) is 0. The normalized spacial score (nSPS) is 35.1. The molecular formula is C8H17NO. The highest BCUT2D eigenvalue weighted by molar-refractivity contribution is 4.79. The molecule has 0 aromatic heterocycles. The van der Waals surface area contributed by atoms with Crippen molar-refractivity contribution >= 4 is 0 Å². The SMILES string of the molecule is CCN1CC(C)C(CO)C1. The molecule has 1 saturated heterocycles. The highest BCUT2D eigenvalue weighted by Crippen LogP contribution is 2.21. The van der Waals surface area contributed by atoms with Crippen LogP contribution in [0.2, 0.25) is 0 Å². The lowest BCUT2D eigenvalue weighted by molar-refractivity contribution is 0.206.